The molecule has 0 spiro atoms. The van der Waals surface area contributed by atoms with Crippen LogP contribution in [0.5, 0.6) is 0 Å². The van der Waals surface area contributed by atoms with E-state index < -0.39 is 0 Å². The summed E-state index contributed by atoms with van der Waals surface area (Å²) in [6.45, 7) is 2.19. The Balaban J connectivity index is 3.13. The highest BCUT2D eigenvalue weighted by atomic mass is 16.1. The van der Waals surface area contributed by atoms with Crippen molar-refractivity contribution in [3.8, 4) is 0 Å². The predicted octanol–water partition coefficient (Wildman–Crippen LogP) is 2.78. The molecule has 0 saturated carbocycles. The summed E-state index contributed by atoms with van der Waals surface area (Å²) < 4.78 is 0. The van der Waals surface area contributed by atoms with E-state index in [-0.39, 0.29) is 0 Å². The van der Waals surface area contributed by atoms with Gasteiger partial charge >= 0.3 is 0 Å². The molecule has 0 heterocycles. The van der Waals surface area contributed by atoms with E-state index in [0.717, 1.165) is 6.42 Å². The van der Waals surface area contributed by atoms with Crippen molar-refractivity contribution in [2.75, 3.05) is 0 Å². The molecule has 61 valence electrons. The van der Waals surface area contributed by atoms with Crippen molar-refractivity contribution >= 4 is 6.29 Å². The van der Waals surface area contributed by atoms with Crippen molar-refractivity contribution in [3.05, 3.63) is 17.9 Å². The van der Waals surface area contributed by atoms with E-state index in [1.165, 1.54) is 31.8 Å². The third-order valence-corrected chi connectivity index (χ3v) is 1.46. The average molecular weight is 151 g/mol. The molecule has 1 nitrogen and oxygen atoms in total. The summed E-state index contributed by atoms with van der Waals surface area (Å²) in [7, 11) is 0. The molecular formula is C10H15O. The van der Waals surface area contributed by atoms with Gasteiger partial charge in [0, 0.05) is 6.08 Å². The second-order valence-electron chi connectivity index (χ2n) is 2.48. The molecule has 0 aliphatic rings. The summed E-state index contributed by atoms with van der Waals surface area (Å²) in [4.78, 5) is 9.68. The van der Waals surface area contributed by atoms with Gasteiger partial charge in [-0.2, -0.15) is 0 Å². The Morgan fingerprint density at radius 3 is 2.73 bits per heavy atom. The summed E-state index contributed by atoms with van der Waals surface area (Å²) in [6, 6.07) is 0. The van der Waals surface area contributed by atoms with Crippen LogP contribution >= 0.6 is 0 Å². The molecule has 0 amide bonds. The van der Waals surface area contributed by atoms with Gasteiger partial charge in [0.25, 0.3) is 0 Å². The first kappa shape index (κ1) is 10.2. The molecule has 0 aliphatic heterocycles. The molecule has 0 N–H and O–H groups in total. The third-order valence-electron chi connectivity index (χ3n) is 1.46. The molecule has 0 saturated heterocycles. The lowest BCUT2D eigenvalue weighted by Gasteiger charge is -1.91. The molecule has 1 radical (unpaired) electrons. The quantitative estimate of drug-likeness (QED) is 0.324. The van der Waals surface area contributed by atoms with Crippen LogP contribution in [0.1, 0.15) is 39.0 Å². The standard InChI is InChI=1S/C10H15O/c1-2-3-4-5-6-7-8-9-10-11/h7,9H,2-6H2,1H3. The minimum atomic E-state index is 1.03. The number of allylic oxidation sites excluding steroid dienone is 1. The van der Waals surface area contributed by atoms with Gasteiger partial charge in [-0.3, -0.25) is 4.79 Å². The van der Waals surface area contributed by atoms with Crippen LogP contribution in [0.25, 0.3) is 0 Å². The van der Waals surface area contributed by atoms with E-state index in [2.05, 4.69) is 12.7 Å². The highest BCUT2D eigenvalue weighted by Crippen LogP contribution is 2.01. The van der Waals surface area contributed by atoms with Crippen LogP contribution in [0.2, 0.25) is 0 Å². The van der Waals surface area contributed by atoms with Gasteiger partial charge in [0.15, 0.2) is 0 Å². The second-order valence-corrected chi connectivity index (χ2v) is 2.48. The van der Waals surface area contributed by atoms with Crippen molar-refractivity contribution in [1.82, 2.24) is 0 Å². The first-order valence-electron chi connectivity index (χ1n) is 4.19. The molecule has 0 fully saturated rings. The second kappa shape index (κ2) is 9.19. The Bertz CT molecular complexity index is 141. The fraction of sp³-hybridized carbons (Fsp3) is 0.600. The van der Waals surface area contributed by atoms with Crippen molar-refractivity contribution in [2.24, 2.45) is 0 Å². The lowest BCUT2D eigenvalue weighted by Crippen LogP contribution is -1.72. The summed E-state index contributed by atoms with van der Waals surface area (Å²) >= 11 is 0. The van der Waals surface area contributed by atoms with E-state index in [1.807, 2.05) is 6.08 Å². The third kappa shape index (κ3) is 9.19. The highest BCUT2D eigenvalue weighted by molar-refractivity contribution is 5.65. The molecule has 0 rings (SSSR count). The first-order valence-corrected chi connectivity index (χ1v) is 4.19. The normalized spacial score (nSPS) is 8.45. The SMILES string of the molecule is CCCCCCC=C=C[C]=O. The fourth-order valence-electron chi connectivity index (χ4n) is 0.849. The molecule has 0 aliphatic carbocycles. The number of carbonyl (C=O) groups excluding carboxylic acids is 1. The van der Waals surface area contributed by atoms with Gasteiger partial charge in [0.05, 0.1) is 0 Å². The van der Waals surface area contributed by atoms with Crippen LogP contribution in [-0.2, 0) is 4.79 Å². The number of unbranched alkanes of at least 4 members (excludes halogenated alkanes) is 4. The molecule has 0 aromatic carbocycles. The van der Waals surface area contributed by atoms with Crippen LogP contribution in [0.4, 0.5) is 0 Å². The molecule has 0 aromatic rings. The maximum absolute atomic E-state index is 9.68. The largest absolute Gasteiger partial charge is 0.285 e. The molecule has 1 heteroatoms. The van der Waals surface area contributed by atoms with E-state index in [4.69, 9.17) is 0 Å². The maximum Gasteiger partial charge on any atom is 0.233 e. The zero-order chi connectivity index (χ0) is 8.36. The summed E-state index contributed by atoms with van der Waals surface area (Å²) in [5.41, 5.74) is 2.74. The van der Waals surface area contributed by atoms with Gasteiger partial charge in [-0.15, -0.1) is 5.73 Å². The molecule has 0 unspecified atom stereocenters. The van der Waals surface area contributed by atoms with Crippen molar-refractivity contribution in [1.29, 1.82) is 0 Å². The molecule has 0 aromatic heterocycles. The van der Waals surface area contributed by atoms with E-state index in [0.29, 0.717) is 0 Å². The average Bonchev–Trinajstić information content (AvgIpc) is 2.03. The van der Waals surface area contributed by atoms with Gasteiger partial charge in [0.2, 0.25) is 6.29 Å². The van der Waals surface area contributed by atoms with Gasteiger partial charge in [-0.25, -0.2) is 0 Å². The molecule has 0 bridgehead atoms. The predicted molar refractivity (Wildman–Crippen MR) is 47.1 cm³/mol. The van der Waals surface area contributed by atoms with Gasteiger partial charge in [-0.05, 0) is 18.9 Å². The molecule has 11 heavy (non-hydrogen) atoms. The van der Waals surface area contributed by atoms with Gasteiger partial charge in [-0.1, -0.05) is 26.2 Å². The van der Waals surface area contributed by atoms with Crippen LogP contribution in [-0.4, -0.2) is 6.29 Å². The number of hydrogen-bond acceptors (Lipinski definition) is 1. The summed E-state index contributed by atoms with van der Waals surface area (Å²) in [5.74, 6) is 0. The van der Waals surface area contributed by atoms with Crippen LogP contribution in [0, 0.1) is 0 Å². The zero-order valence-corrected chi connectivity index (χ0v) is 7.10. The Morgan fingerprint density at radius 1 is 1.27 bits per heavy atom. The van der Waals surface area contributed by atoms with Gasteiger partial charge < -0.3 is 0 Å². The lowest BCUT2D eigenvalue weighted by atomic mass is 10.1. The first-order chi connectivity index (χ1) is 5.41. The highest BCUT2D eigenvalue weighted by Gasteiger charge is 1.82. The topological polar surface area (TPSA) is 17.1 Å². The smallest absolute Gasteiger partial charge is 0.233 e. The number of hydrogen-bond donors (Lipinski definition) is 0. The Kier molecular flexibility index (Phi) is 8.51. The summed E-state index contributed by atoms with van der Waals surface area (Å²) in [6.07, 6.45) is 10.9. The Hall–Kier alpha value is -0.810. The van der Waals surface area contributed by atoms with Gasteiger partial charge in [0.1, 0.15) is 0 Å². The Labute approximate surface area is 68.8 Å². The van der Waals surface area contributed by atoms with E-state index in [9.17, 15) is 4.79 Å². The van der Waals surface area contributed by atoms with Crippen molar-refractivity contribution < 1.29 is 4.79 Å². The fourth-order valence-corrected chi connectivity index (χ4v) is 0.849. The lowest BCUT2D eigenvalue weighted by molar-refractivity contribution is 0.564. The maximum atomic E-state index is 9.68. The zero-order valence-electron chi connectivity index (χ0n) is 7.10. The minimum Gasteiger partial charge on any atom is -0.285 e. The summed E-state index contributed by atoms with van der Waals surface area (Å²) in [5, 5.41) is 0. The van der Waals surface area contributed by atoms with E-state index in [1.54, 1.807) is 6.29 Å². The Morgan fingerprint density at radius 2 is 2.09 bits per heavy atom. The monoisotopic (exact) mass is 151 g/mol. The van der Waals surface area contributed by atoms with Crippen LogP contribution in [0.15, 0.2) is 17.9 Å². The molecule has 0 atom stereocenters. The minimum absolute atomic E-state index is 1.03. The van der Waals surface area contributed by atoms with E-state index >= 15 is 0 Å². The van der Waals surface area contributed by atoms with Crippen molar-refractivity contribution in [3.63, 3.8) is 0 Å². The number of rotatable bonds is 6. The van der Waals surface area contributed by atoms with Crippen LogP contribution in [0.3, 0.4) is 0 Å². The van der Waals surface area contributed by atoms with Crippen molar-refractivity contribution in [2.45, 2.75) is 39.0 Å². The van der Waals surface area contributed by atoms with Crippen LogP contribution < -0.4 is 0 Å². The molecular weight excluding hydrogens is 136 g/mol.